The second-order valence-corrected chi connectivity index (χ2v) is 6.07. The molecule has 0 spiro atoms. The van der Waals surface area contributed by atoms with Gasteiger partial charge in [0.15, 0.2) is 17.0 Å². The van der Waals surface area contributed by atoms with Gasteiger partial charge in [-0.1, -0.05) is 24.3 Å². The van der Waals surface area contributed by atoms with Crippen LogP contribution in [0.1, 0.15) is 10.6 Å². The van der Waals surface area contributed by atoms with Crippen LogP contribution in [0.3, 0.4) is 0 Å². The predicted molar refractivity (Wildman–Crippen MR) is 101 cm³/mol. The monoisotopic (exact) mass is 414 g/mol. The van der Waals surface area contributed by atoms with Crippen LogP contribution in [0.15, 0.2) is 75.8 Å². The highest BCUT2D eigenvalue weighted by Gasteiger charge is 2.11. The molecule has 2 amide bonds. The van der Waals surface area contributed by atoms with Crippen LogP contribution >= 0.6 is 15.9 Å². The highest BCUT2D eigenvalue weighted by molar-refractivity contribution is 9.10. The van der Waals surface area contributed by atoms with Gasteiger partial charge in [-0.2, -0.15) is 0 Å². The van der Waals surface area contributed by atoms with E-state index in [0.717, 1.165) is 0 Å². The Morgan fingerprint density at radius 1 is 0.923 bits per heavy atom. The average Bonchev–Trinajstić information content (AvgIpc) is 3.08. The number of halogens is 1. The maximum absolute atomic E-state index is 12.1. The predicted octanol–water partition coefficient (Wildman–Crippen LogP) is 4.31. The average molecular weight is 415 g/mol. The maximum Gasteiger partial charge on any atom is 0.291 e. The zero-order valence-corrected chi connectivity index (χ0v) is 15.2. The Hall–Kier alpha value is -3.06. The number of amides is 2. The van der Waals surface area contributed by atoms with Gasteiger partial charge in [0.25, 0.3) is 11.8 Å². The summed E-state index contributed by atoms with van der Waals surface area (Å²) < 4.78 is 11.1. The van der Waals surface area contributed by atoms with Crippen molar-refractivity contribution in [3.63, 3.8) is 0 Å². The van der Waals surface area contributed by atoms with E-state index in [0.29, 0.717) is 21.8 Å². The van der Waals surface area contributed by atoms with Gasteiger partial charge in [-0.15, -0.1) is 0 Å². The van der Waals surface area contributed by atoms with E-state index >= 15 is 0 Å². The van der Waals surface area contributed by atoms with Crippen molar-refractivity contribution in [3.8, 4) is 5.75 Å². The normalized spacial score (nSPS) is 10.2. The van der Waals surface area contributed by atoms with E-state index in [1.165, 1.54) is 0 Å². The third kappa shape index (κ3) is 4.97. The van der Waals surface area contributed by atoms with Crippen molar-refractivity contribution in [2.24, 2.45) is 0 Å². The molecule has 132 valence electrons. The molecule has 6 nitrogen and oxygen atoms in total. The molecule has 3 aromatic rings. The molecule has 0 radical (unpaired) electrons. The third-order valence-electron chi connectivity index (χ3n) is 3.31. The lowest BCUT2D eigenvalue weighted by molar-refractivity contribution is -0.118. The number of para-hydroxylation sites is 1. The molecule has 1 aromatic heterocycles. The highest BCUT2D eigenvalue weighted by Crippen LogP contribution is 2.18. The van der Waals surface area contributed by atoms with Crippen molar-refractivity contribution in [1.82, 2.24) is 0 Å². The van der Waals surface area contributed by atoms with Crippen molar-refractivity contribution in [2.75, 3.05) is 17.2 Å². The Morgan fingerprint density at radius 2 is 1.65 bits per heavy atom. The fourth-order valence-electron chi connectivity index (χ4n) is 2.17. The molecule has 0 aliphatic carbocycles. The van der Waals surface area contributed by atoms with Crippen LogP contribution in [0, 0.1) is 0 Å². The lowest BCUT2D eigenvalue weighted by Gasteiger charge is -2.09. The number of benzene rings is 2. The van der Waals surface area contributed by atoms with Gasteiger partial charge >= 0.3 is 0 Å². The van der Waals surface area contributed by atoms with E-state index < -0.39 is 0 Å². The first-order chi connectivity index (χ1) is 12.6. The second-order valence-electron chi connectivity index (χ2n) is 5.29. The molecule has 0 aliphatic heterocycles. The van der Waals surface area contributed by atoms with Crippen LogP contribution in [-0.4, -0.2) is 18.4 Å². The van der Waals surface area contributed by atoms with Crippen LogP contribution in [0.2, 0.25) is 0 Å². The van der Waals surface area contributed by atoms with Gasteiger partial charge in [-0.25, -0.2) is 0 Å². The Balaban J connectivity index is 1.56. The summed E-state index contributed by atoms with van der Waals surface area (Å²) in [5.74, 6) is 0.120. The number of hydrogen-bond acceptors (Lipinski definition) is 4. The molecule has 26 heavy (non-hydrogen) atoms. The number of ether oxygens (including phenoxy) is 1. The molecule has 0 unspecified atom stereocenters. The van der Waals surface area contributed by atoms with Gasteiger partial charge in [0.05, 0.1) is 0 Å². The standard InChI is InChI=1S/C19H15BrN2O4/c20-17-10-9-16(26-17)19(24)22-14-6-4-5-13(11-14)21-18(23)12-25-15-7-2-1-3-8-15/h1-11H,12H2,(H,21,23)(H,22,24). The molecule has 2 N–H and O–H groups in total. The smallest absolute Gasteiger partial charge is 0.291 e. The molecule has 7 heteroatoms. The Labute approximate surface area is 158 Å². The van der Waals surface area contributed by atoms with Crippen molar-refractivity contribution in [2.45, 2.75) is 0 Å². The maximum atomic E-state index is 12.1. The fraction of sp³-hybridized carbons (Fsp3) is 0.0526. The van der Waals surface area contributed by atoms with Gasteiger partial charge < -0.3 is 19.8 Å². The minimum atomic E-state index is -0.383. The summed E-state index contributed by atoms with van der Waals surface area (Å²) in [6.45, 7) is -0.110. The first-order valence-electron chi connectivity index (χ1n) is 7.74. The number of anilines is 2. The number of hydrogen-bond donors (Lipinski definition) is 2. The molecule has 0 saturated carbocycles. The number of carbonyl (C=O) groups is 2. The lowest BCUT2D eigenvalue weighted by atomic mass is 10.2. The van der Waals surface area contributed by atoms with Crippen molar-refractivity contribution in [1.29, 1.82) is 0 Å². The van der Waals surface area contributed by atoms with Gasteiger partial charge in [0, 0.05) is 11.4 Å². The fourth-order valence-corrected chi connectivity index (χ4v) is 2.47. The van der Waals surface area contributed by atoms with Gasteiger partial charge in [-0.3, -0.25) is 9.59 Å². The zero-order valence-electron chi connectivity index (χ0n) is 13.6. The van der Waals surface area contributed by atoms with E-state index in [9.17, 15) is 9.59 Å². The van der Waals surface area contributed by atoms with E-state index in [2.05, 4.69) is 26.6 Å². The summed E-state index contributed by atoms with van der Waals surface area (Å²) >= 11 is 3.15. The van der Waals surface area contributed by atoms with Crippen molar-refractivity contribution >= 4 is 39.1 Å². The largest absolute Gasteiger partial charge is 0.484 e. The molecule has 1 heterocycles. The number of furan rings is 1. The van der Waals surface area contributed by atoms with E-state index in [-0.39, 0.29) is 24.2 Å². The number of rotatable bonds is 6. The Morgan fingerprint density at radius 3 is 2.35 bits per heavy atom. The highest BCUT2D eigenvalue weighted by atomic mass is 79.9. The molecule has 0 aliphatic rings. The molecule has 0 saturated heterocycles. The molecule has 0 bridgehead atoms. The van der Waals surface area contributed by atoms with Crippen molar-refractivity contribution in [3.05, 3.63) is 77.2 Å². The van der Waals surface area contributed by atoms with E-state index in [1.807, 2.05) is 18.2 Å². The summed E-state index contributed by atoms with van der Waals surface area (Å²) in [5.41, 5.74) is 1.08. The topological polar surface area (TPSA) is 80.6 Å². The van der Waals surface area contributed by atoms with Crippen molar-refractivity contribution < 1.29 is 18.7 Å². The van der Waals surface area contributed by atoms with Crippen LogP contribution in [0.25, 0.3) is 0 Å². The molecular formula is C19H15BrN2O4. The first kappa shape index (κ1) is 17.8. The minimum Gasteiger partial charge on any atom is -0.484 e. The van der Waals surface area contributed by atoms with Crippen LogP contribution in [-0.2, 0) is 4.79 Å². The zero-order chi connectivity index (χ0) is 18.4. The number of nitrogens with one attached hydrogen (secondary N) is 2. The van der Waals surface area contributed by atoms with Crippen LogP contribution in [0.5, 0.6) is 5.75 Å². The van der Waals surface area contributed by atoms with Crippen LogP contribution in [0.4, 0.5) is 11.4 Å². The van der Waals surface area contributed by atoms with E-state index in [1.54, 1.807) is 48.5 Å². The molecule has 3 rings (SSSR count). The SMILES string of the molecule is O=C(COc1ccccc1)Nc1cccc(NC(=O)c2ccc(Br)o2)c1. The molecule has 0 fully saturated rings. The number of carbonyl (C=O) groups excluding carboxylic acids is 2. The summed E-state index contributed by atoms with van der Waals surface area (Å²) in [6, 6.07) is 19.1. The summed E-state index contributed by atoms with van der Waals surface area (Å²) in [6.07, 6.45) is 0. The molecule has 0 atom stereocenters. The van der Waals surface area contributed by atoms with Gasteiger partial charge in [0.1, 0.15) is 5.75 Å². The molecule has 2 aromatic carbocycles. The minimum absolute atomic E-state index is 0.110. The van der Waals surface area contributed by atoms with Crippen LogP contribution < -0.4 is 15.4 Å². The summed E-state index contributed by atoms with van der Waals surface area (Å²) in [4.78, 5) is 24.1. The second kappa shape index (κ2) is 8.35. The summed E-state index contributed by atoms with van der Waals surface area (Å²) in [7, 11) is 0. The first-order valence-corrected chi connectivity index (χ1v) is 8.54. The van der Waals surface area contributed by atoms with Gasteiger partial charge in [0.2, 0.25) is 0 Å². The lowest BCUT2D eigenvalue weighted by Crippen LogP contribution is -2.20. The van der Waals surface area contributed by atoms with E-state index in [4.69, 9.17) is 9.15 Å². The summed E-state index contributed by atoms with van der Waals surface area (Å²) in [5, 5.41) is 5.43. The third-order valence-corrected chi connectivity index (χ3v) is 3.74. The quantitative estimate of drug-likeness (QED) is 0.629. The Bertz CT molecular complexity index is 909. The molecular weight excluding hydrogens is 400 g/mol. The Kier molecular flexibility index (Phi) is 5.70. The van der Waals surface area contributed by atoms with Gasteiger partial charge in [-0.05, 0) is 58.4 Å².